The van der Waals surface area contributed by atoms with Crippen molar-refractivity contribution in [2.75, 3.05) is 13.3 Å². The van der Waals surface area contributed by atoms with E-state index in [0.717, 1.165) is 0 Å². The first-order valence-electron chi connectivity index (χ1n) is 1.52. The van der Waals surface area contributed by atoms with Crippen molar-refractivity contribution in [1.29, 1.82) is 0 Å². The summed E-state index contributed by atoms with van der Waals surface area (Å²) in [6.45, 7) is 0. The molecule has 0 radical (unpaired) electrons. The smallest absolute Gasteiger partial charge is 0.202 e. The molecule has 0 saturated heterocycles. The molecule has 0 aliphatic heterocycles. The van der Waals surface area contributed by atoms with Gasteiger partial charge in [0, 0.05) is 7.05 Å². The average molecular weight is 105 g/mol. The van der Waals surface area contributed by atoms with Crippen LogP contribution >= 0.6 is 0 Å². The summed E-state index contributed by atoms with van der Waals surface area (Å²) in [5.74, 6) is 0. The van der Waals surface area contributed by atoms with E-state index in [1.165, 1.54) is 5.55 Å². The summed E-state index contributed by atoms with van der Waals surface area (Å²) in [7, 11) is 1.60. The van der Waals surface area contributed by atoms with Crippen LogP contribution in [0.25, 0.3) is 0 Å². The number of hydrogen-bond acceptors (Lipinski definition) is 2. The molecule has 0 aromatic heterocycles. The maximum Gasteiger partial charge on any atom is 0.202 e. The average Bonchev–Trinajstić information content (AvgIpc) is 1.35. The van der Waals surface area contributed by atoms with Gasteiger partial charge in [0.05, 0.1) is 0 Å². The van der Waals surface area contributed by atoms with Gasteiger partial charge in [-0.15, -0.1) is 0 Å². The zero-order chi connectivity index (χ0) is 4.99. The first-order valence-corrected chi connectivity index (χ1v) is 3.14. The van der Waals surface area contributed by atoms with Crippen LogP contribution in [0.2, 0.25) is 0 Å². The Morgan fingerprint density at radius 2 is 2.33 bits per heavy atom. The van der Waals surface area contributed by atoms with Crippen molar-refractivity contribution in [3.8, 4) is 0 Å². The predicted octanol–water partition coefficient (Wildman–Crippen LogP) is 0.0230. The Hall–Kier alpha value is -0.0200. The molecule has 0 N–H and O–H groups in total. The van der Waals surface area contributed by atoms with Crippen LogP contribution in [0.3, 0.4) is 0 Å². The number of aliphatic imine (C=N–C) groups is 1. The van der Waals surface area contributed by atoms with E-state index in [4.69, 9.17) is 0 Å². The summed E-state index contributed by atoms with van der Waals surface area (Å²) in [5, 5.41) is 0. The fourth-order valence-electron chi connectivity index (χ4n) is 0.148. The van der Waals surface area contributed by atoms with Crippen molar-refractivity contribution >= 4 is 16.7 Å². The van der Waals surface area contributed by atoms with Crippen LogP contribution in [0.15, 0.2) is 4.99 Å². The third-order valence-electron chi connectivity index (χ3n) is 0.254. The zero-order valence-corrected chi connectivity index (χ0v) is 4.66. The Kier molecular flexibility index (Phi) is 3.17. The predicted molar refractivity (Wildman–Crippen MR) is 28.5 cm³/mol. The van der Waals surface area contributed by atoms with Crippen molar-refractivity contribution in [2.45, 2.75) is 0 Å². The number of nitrogens with zero attached hydrogens (tertiary/aromatic N) is 1. The lowest BCUT2D eigenvalue weighted by atomic mass is 11.4. The van der Waals surface area contributed by atoms with Gasteiger partial charge in [-0.3, -0.25) is 4.99 Å². The maximum atomic E-state index is 10.0. The Morgan fingerprint density at radius 1 is 1.83 bits per heavy atom. The van der Waals surface area contributed by atoms with Crippen molar-refractivity contribution in [2.24, 2.45) is 4.99 Å². The van der Waals surface area contributed by atoms with Crippen LogP contribution in [-0.4, -0.2) is 23.4 Å². The second-order valence-electron chi connectivity index (χ2n) is 0.862. The van der Waals surface area contributed by atoms with Crippen LogP contribution in [0.1, 0.15) is 0 Å². The highest BCUT2D eigenvalue weighted by Crippen LogP contribution is 1.70. The van der Waals surface area contributed by atoms with Gasteiger partial charge in [-0.1, -0.05) is 0 Å². The molecule has 1 unspecified atom stereocenters. The molecule has 0 aromatic rings. The van der Waals surface area contributed by atoms with Gasteiger partial charge in [-0.2, -0.15) is 0 Å². The monoisotopic (exact) mass is 105 g/mol. The number of rotatable bonds is 1. The normalized spacial score (nSPS) is 15.8. The SMILES string of the molecule is CN=C[S+](C)[O-]. The molecule has 36 valence electrons. The van der Waals surface area contributed by atoms with E-state index in [0.29, 0.717) is 0 Å². The Morgan fingerprint density at radius 3 is 2.33 bits per heavy atom. The molecule has 1 atom stereocenters. The molecule has 0 aliphatic rings. The van der Waals surface area contributed by atoms with E-state index >= 15 is 0 Å². The molecule has 0 amide bonds. The minimum absolute atomic E-state index is 0.857. The maximum absolute atomic E-state index is 10.0. The fraction of sp³-hybridized carbons (Fsp3) is 0.667. The van der Waals surface area contributed by atoms with Gasteiger partial charge >= 0.3 is 0 Å². The fourth-order valence-corrected chi connectivity index (χ4v) is 0.445. The molecule has 0 saturated carbocycles. The van der Waals surface area contributed by atoms with Crippen LogP contribution in [0.4, 0.5) is 0 Å². The molecule has 0 rings (SSSR count). The van der Waals surface area contributed by atoms with Crippen LogP contribution in [0.5, 0.6) is 0 Å². The first kappa shape index (κ1) is 5.98. The van der Waals surface area contributed by atoms with Gasteiger partial charge in [0.15, 0.2) is 0 Å². The van der Waals surface area contributed by atoms with Gasteiger partial charge < -0.3 is 4.55 Å². The summed E-state index contributed by atoms with van der Waals surface area (Å²) in [6, 6.07) is 0. The molecule has 0 spiro atoms. The second kappa shape index (κ2) is 3.18. The van der Waals surface area contributed by atoms with Crippen molar-refractivity contribution in [1.82, 2.24) is 0 Å². The van der Waals surface area contributed by atoms with Crippen molar-refractivity contribution < 1.29 is 4.55 Å². The van der Waals surface area contributed by atoms with E-state index in [9.17, 15) is 4.55 Å². The van der Waals surface area contributed by atoms with Crippen LogP contribution < -0.4 is 0 Å². The van der Waals surface area contributed by atoms with Gasteiger partial charge in [0.25, 0.3) is 0 Å². The summed E-state index contributed by atoms with van der Waals surface area (Å²) >= 11 is -0.857. The quantitative estimate of drug-likeness (QED) is 0.263. The molecule has 2 nitrogen and oxygen atoms in total. The Bertz CT molecular complexity index is 52.8. The first-order chi connectivity index (χ1) is 2.77. The van der Waals surface area contributed by atoms with Gasteiger partial charge in [-0.25, -0.2) is 0 Å². The molecule has 0 bridgehead atoms. The minimum atomic E-state index is -0.857. The highest BCUT2D eigenvalue weighted by molar-refractivity contribution is 8.03. The third kappa shape index (κ3) is 3.98. The van der Waals surface area contributed by atoms with Crippen LogP contribution in [-0.2, 0) is 11.2 Å². The highest BCUT2D eigenvalue weighted by atomic mass is 32.2. The van der Waals surface area contributed by atoms with Crippen molar-refractivity contribution in [3.05, 3.63) is 0 Å². The summed E-state index contributed by atoms with van der Waals surface area (Å²) in [4.78, 5) is 3.51. The topological polar surface area (TPSA) is 35.4 Å². The summed E-state index contributed by atoms with van der Waals surface area (Å²) < 4.78 is 10.0. The van der Waals surface area contributed by atoms with E-state index < -0.39 is 11.2 Å². The molecule has 0 heterocycles. The standard InChI is InChI=1S/C3H7NOS/c1-4-3-6(2)5/h3H,1-2H3. The number of hydrogen-bond donors (Lipinski definition) is 0. The van der Waals surface area contributed by atoms with E-state index in [1.807, 2.05) is 0 Å². The zero-order valence-electron chi connectivity index (χ0n) is 3.84. The third-order valence-corrected chi connectivity index (χ3v) is 0.762. The Balaban J connectivity index is 3.03. The van der Waals surface area contributed by atoms with Gasteiger partial charge in [0.1, 0.15) is 6.26 Å². The van der Waals surface area contributed by atoms with E-state index in [-0.39, 0.29) is 0 Å². The summed E-state index contributed by atoms with van der Waals surface area (Å²) in [5.41, 5.74) is 1.39. The lowest BCUT2D eigenvalue weighted by Gasteiger charge is -1.89. The van der Waals surface area contributed by atoms with Crippen LogP contribution in [0, 0.1) is 0 Å². The minimum Gasteiger partial charge on any atom is -0.611 e. The molecule has 3 heteroatoms. The molecular weight excluding hydrogens is 98.1 g/mol. The Labute approximate surface area is 40.5 Å². The van der Waals surface area contributed by atoms with Gasteiger partial charge in [0.2, 0.25) is 5.55 Å². The molecule has 0 aliphatic carbocycles. The molecule has 0 aromatic carbocycles. The lowest BCUT2D eigenvalue weighted by Crippen LogP contribution is -1.94. The molecule has 0 fully saturated rings. The molecule has 6 heavy (non-hydrogen) atoms. The van der Waals surface area contributed by atoms with Gasteiger partial charge in [-0.05, 0) is 11.2 Å². The van der Waals surface area contributed by atoms with E-state index in [1.54, 1.807) is 13.3 Å². The second-order valence-corrected chi connectivity index (χ2v) is 2.07. The largest absolute Gasteiger partial charge is 0.611 e. The molecular formula is C3H7NOS. The van der Waals surface area contributed by atoms with E-state index in [2.05, 4.69) is 4.99 Å². The van der Waals surface area contributed by atoms with Crippen molar-refractivity contribution in [3.63, 3.8) is 0 Å². The lowest BCUT2D eigenvalue weighted by molar-refractivity contribution is 0.612. The highest BCUT2D eigenvalue weighted by Gasteiger charge is 1.80. The summed E-state index contributed by atoms with van der Waals surface area (Å²) in [6.07, 6.45) is 1.58.